The maximum absolute atomic E-state index is 9.19. The summed E-state index contributed by atoms with van der Waals surface area (Å²) in [6, 6.07) is 13.8. The van der Waals surface area contributed by atoms with Crippen molar-refractivity contribution < 1.29 is 5.11 Å². The van der Waals surface area contributed by atoms with Crippen LogP contribution >= 0.6 is 0 Å². The van der Waals surface area contributed by atoms with Crippen LogP contribution in [0.5, 0.6) is 0 Å². The normalized spacial score (nSPS) is 10.9. The zero-order valence-corrected chi connectivity index (χ0v) is 9.11. The average Bonchev–Trinajstić information content (AvgIpc) is 2.81. The quantitative estimate of drug-likeness (QED) is 0.724. The fraction of sp³-hybridized carbons (Fsp3) is 0.0769. The highest BCUT2D eigenvalue weighted by Gasteiger charge is 2.05. The third kappa shape index (κ3) is 1.68. The largest absolute Gasteiger partial charge is 0.390 e. The second kappa shape index (κ2) is 3.99. The van der Waals surface area contributed by atoms with Crippen LogP contribution in [0, 0.1) is 0 Å². The summed E-state index contributed by atoms with van der Waals surface area (Å²) < 4.78 is 1.67. The van der Waals surface area contributed by atoms with E-state index in [9.17, 15) is 5.11 Å². The van der Waals surface area contributed by atoms with Crippen molar-refractivity contribution in [3.8, 4) is 11.3 Å². The molecular formula is C13H11N3O. The smallest absolute Gasteiger partial charge is 0.153 e. The van der Waals surface area contributed by atoms with Gasteiger partial charge in [-0.25, -0.2) is 9.50 Å². The van der Waals surface area contributed by atoms with Crippen LogP contribution in [-0.2, 0) is 6.61 Å². The Kier molecular flexibility index (Phi) is 2.34. The van der Waals surface area contributed by atoms with E-state index >= 15 is 0 Å². The van der Waals surface area contributed by atoms with E-state index in [1.54, 1.807) is 10.7 Å². The van der Waals surface area contributed by atoms with Crippen molar-refractivity contribution in [3.05, 3.63) is 54.4 Å². The molecule has 0 spiro atoms. The van der Waals surface area contributed by atoms with Gasteiger partial charge in [0.1, 0.15) is 0 Å². The van der Waals surface area contributed by atoms with Gasteiger partial charge < -0.3 is 5.11 Å². The number of imidazole rings is 1. The van der Waals surface area contributed by atoms with Gasteiger partial charge in [0, 0.05) is 5.56 Å². The van der Waals surface area contributed by atoms with E-state index in [1.165, 1.54) is 0 Å². The summed E-state index contributed by atoms with van der Waals surface area (Å²) in [7, 11) is 0. The molecule has 0 amide bonds. The van der Waals surface area contributed by atoms with Gasteiger partial charge in [-0.2, -0.15) is 5.10 Å². The SMILES string of the molecule is OCc1cnc2ccc(-c3ccccc3)nn12. The molecule has 1 N–H and O–H groups in total. The van der Waals surface area contributed by atoms with Crippen LogP contribution in [0.2, 0.25) is 0 Å². The Morgan fingerprint density at radius 2 is 1.88 bits per heavy atom. The van der Waals surface area contributed by atoms with Crippen LogP contribution in [0.4, 0.5) is 0 Å². The minimum Gasteiger partial charge on any atom is -0.390 e. The van der Waals surface area contributed by atoms with Gasteiger partial charge in [0.05, 0.1) is 24.2 Å². The molecule has 17 heavy (non-hydrogen) atoms. The summed E-state index contributed by atoms with van der Waals surface area (Å²) in [6.07, 6.45) is 1.64. The number of nitrogens with zero attached hydrogens (tertiary/aromatic N) is 3. The minimum absolute atomic E-state index is 0.0631. The molecule has 0 saturated heterocycles. The molecule has 0 fully saturated rings. The second-order valence-electron chi connectivity index (χ2n) is 3.76. The van der Waals surface area contributed by atoms with E-state index in [2.05, 4.69) is 10.1 Å². The van der Waals surface area contributed by atoms with Gasteiger partial charge in [-0.05, 0) is 12.1 Å². The summed E-state index contributed by atoms with van der Waals surface area (Å²) >= 11 is 0. The van der Waals surface area contributed by atoms with E-state index < -0.39 is 0 Å². The summed E-state index contributed by atoms with van der Waals surface area (Å²) in [4.78, 5) is 4.16. The van der Waals surface area contributed by atoms with Crippen molar-refractivity contribution in [2.75, 3.05) is 0 Å². The number of aromatic nitrogens is 3. The minimum atomic E-state index is -0.0631. The lowest BCUT2D eigenvalue weighted by molar-refractivity contribution is 0.274. The van der Waals surface area contributed by atoms with Crippen LogP contribution in [0.3, 0.4) is 0 Å². The molecule has 4 heteroatoms. The zero-order valence-electron chi connectivity index (χ0n) is 9.11. The lowest BCUT2D eigenvalue weighted by Crippen LogP contribution is -1.98. The molecule has 1 aromatic carbocycles. The van der Waals surface area contributed by atoms with Crippen molar-refractivity contribution in [1.29, 1.82) is 0 Å². The molecule has 0 unspecified atom stereocenters. The van der Waals surface area contributed by atoms with E-state index in [0.29, 0.717) is 5.69 Å². The van der Waals surface area contributed by atoms with E-state index in [-0.39, 0.29) is 6.61 Å². The van der Waals surface area contributed by atoms with Crippen molar-refractivity contribution in [2.24, 2.45) is 0 Å². The first kappa shape index (κ1) is 9.99. The van der Waals surface area contributed by atoms with Gasteiger partial charge in [0.15, 0.2) is 5.65 Å². The first-order valence-electron chi connectivity index (χ1n) is 5.38. The summed E-state index contributed by atoms with van der Waals surface area (Å²) in [5, 5.41) is 13.7. The number of fused-ring (bicyclic) bond motifs is 1. The molecule has 0 radical (unpaired) electrons. The van der Waals surface area contributed by atoms with Gasteiger partial charge in [-0.3, -0.25) is 0 Å². The molecular weight excluding hydrogens is 214 g/mol. The maximum atomic E-state index is 9.19. The summed E-state index contributed by atoms with van der Waals surface area (Å²) in [5.74, 6) is 0. The molecule has 0 saturated carbocycles. The van der Waals surface area contributed by atoms with Crippen molar-refractivity contribution in [1.82, 2.24) is 14.6 Å². The highest BCUT2D eigenvalue weighted by atomic mass is 16.3. The molecule has 84 valence electrons. The summed E-state index contributed by atoms with van der Waals surface area (Å²) in [5.41, 5.74) is 3.35. The van der Waals surface area contributed by atoms with Gasteiger partial charge in [-0.15, -0.1) is 0 Å². The molecule has 0 aliphatic heterocycles. The Morgan fingerprint density at radius 1 is 1.06 bits per heavy atom. The number of hydrogen-bond donors (Lipinski definition) is 1. The van der Waals surface area contributed by atoms with Crippen LogP contribution in [-0.4, -0.2) is 19.7 Å². The van der Waals surface area contributed by atoms with Crippen LogP contribution in [0.25, 0.3) is 16.9 Å². The Balaban J connectivity index is 2.19. The molecule has 3 aromatic rings. The molecule has 2 aromatic heterocycles. The predicted molar refractivity (Wildman–Crippen MR) is 64.3 cm³/mol. The second-order valence-corrected chi connectivity index (χ2v) is 3.76. The lowest BCUT2D eigenvalue weighted by Gasteiger charge is -2.02. The fourth-order valence-corrected chi connectivity index (χ4v) is 1.79. The van der Waals surface area contributed by atoms with Crippen LogP contribution in [0.1, 0.15) is 5.69 Å². The third-order valence-corrected chi connectivity index (χ3v) is 2.66. The Bertz CT molecular complexity index is 646. The number of benzene rings is 1. The van der Waals surface area contributed by atoms with Crippen molar-refractivity contribution >= 4 is 5.65 Å². The number of aliphatic hydroxyl groups is 1. The molecule has 4 nitrogen and oxygen atoms in total. The number of hydrogen-bond acceptors (Lipinski definition) is 3. The van der Waals surface area contributed by atoms with E-state index in [1.807, 2.05) is 42.5 Å². The van der Waals surface area contributed by atoms with Gasteiger partial charge in [0.2, 0.25) is 0 Å². The number of rotatable bonds is 2. The molecule has 0 aliphatic rings. The molecule has 0 aliphatic carbocycles. The Morgan fingerprint density at radius 3 is 2.65 bits per heavy atom. The molecule has 0 bridgehead atoms. The Labute approximate surface area is 98.2 Å². The molecule has 3 rings (SSSR count). The zero-order chi connectivity index (χ0) is 11.7. The first-order valence-corrected chi connectivity index (χ1v) is 5.38. The van der Waals surface area contributed by atoms with Crippen LogP contribution < -0.4 is 0 Å². The van der Waals surface area contributed by atoms with Crippen LogP contribution in [0.15, 0.2) is 48.7 Å². The van der Waals surface area contributed by atoms with E-state index in [0.717, 1.165) is 16.9 Å². The first-order chi connectivity index (χ1) is 8.38. The average molecular weight is 225 g/mol. The summed E-state index contributed by atoms with van der Waals surface area (Å²) in [6.45, 7) is -0.0631. The molecule has 0 atom stereocenters. The van der Waals surface area contributed by atoms with Gasteiger partial charge >= 0.3 is 0 Å². The lowest BCUT2D eigenvalue weighted by atomic mass is 10.1. The highest BCUT2D eigenvalue weighted by molar-refractivity contribution is 5.60. The van der Waals surface area contributed by atoms with Crippen molar-refractivity contribution in [3.63, 3.8) is 0 Å². The number of aliphatic hydroxyl groups excluding tert-OH is 1. The third-order valence-electron chi connectivity index (χ3n) is 2.66. The molecule has 2 heterocycles. The maximum Gasteiger partial charge on any atom is 0.153 e. The highest BCUT2D eigenvalue weighted by Crippen LogP contribution is 2.17. The van der Waals surface area contributed by atoms with Crippen molar-refractivity contribution in [2.45, 2.75) is 6.61 Å². The Hall–Kier alpha value is -2.20. The predicted octanol–water partition coefficient (Wildman–Crippen LogP) is 1.89. The van der Waals surface area contributed by atoms with Gasteiger partial charge in [0.25, 0.3) is 0 Å². The topological polar surface area (TPSA) is 50.4 Å². The monoisotopic (exact) mass is 225 g/mol. The standard InChI is InChI=1S/C13H11N3O/c17-9-11-8-14-13-7-6-12(15-16(11)13)10-4-2-1-3-5-10/h1-8,17H,9H2. The fourth-order valence-electron chi connectivity index (χ4n) is 1.79. The van der Waals surface area contributed by atoms with E-state index in [4.69, 9.17) is 0 Å². The van der Waals surface area contributed by atoms with Gasteiger partial charge in [-0.1, -0.05) is 30.3 Å².